The molecule has 7 heteroatoms. The Morgan fingerprint density at radius 3 is 2.55 bits per heavy atom. The molecule has 1 aromatic carbocycles. The second-order valence-corrected chi connectivity index (χ2v) is 8.13. The van der Waals surface area contributed by atoms with Crippen LogP contribution in [0.2, 0.25) is 0 Å². The van der Waals surface area contributed by atoms with Crippen molar-refractivity contribution in [1.29, 1.82) is 0 Å². The molecule has 0 bridgehead atoms. The first-order valence-electron chi connectivity index (χ1n) is 9.96. The number of aliphatic carboxylic acids is 1. The highest BCUT2D eigenvalue weighted by atomic mass is 16.5. The van der Waals surface area contributed by atoms with Crippen molar-refractivity contribution >= 4 is 22.8 Å². The summed E-state index contributed by atoms with van der Waals surface area (Å²) >= 11 is 0. The summed E-state index contributed by atoms with van der Waals surface area (Å²) in [4.78, 5) is 36.2. The smallest absolute Gasteiger partial charge is 0.339 e. The molecule has 1 unspecified atom stereocenters. The van der Waals surface area contributed by atoms with Crippen LogP contribution in [-0.2, 0) is 22.4 Å². The molecule has 0 saturated heterocycles. The van der Waals surface area contributed by atoms with Crippen molar-refractivity contribution in [3.05, 3.63) is 39.2 Å². The van der Waals surface area contributed by atoms with Crippen LogP contribution in [0.1, 0.15) is 50.3 Å². The third kappa shape index (κ3) is 4.44. The molecule has 1 heterocycles. The molecule has 0 saturated carbocycles. The first-order chi connectivity index (χ1) is 13.7. The minimum atomic E-state index is -1.07. The maximum atomic E-state index is 12.6. The van der Waals surface area contributed by atoms with Gasteiger partial charge in [0.05, 0.1) is 5.39 Å². The van der Waals surface area contributed by atoms with Crippen molar-refractivity contribution in [2.24, 2.45) is 5.92 Å². The van der Waals surface area contributed by atoms with Gasteiger partial charge in [-0.15, -0.1) is 0 Å². The Labute approximate surface area is 169 Å². The van der Waals surface area contributed by atoms with Crippen LogP contribution < -0.4 is 15.7 Å². The molecule has 1 aliphatic carbocycles. The van der Waals surface area contributed by atoms with Gasteiger partial charge in [-0.1, -0.05) is 13.8 Å². The third-order valence-electron chi connectivity index (χ3n) is 5.17. The van der Waals surface area contributed by atoms with E-state index in [0.717, 1.165) is 29.4 Å². The highest BCUT2D eigenvalue weighted by molar-refractivity contribution is 5.90. The quantitative estimate of drug-likeness (QED) is 0.691. The summed E-state index contributed by atoms with van der Waals surface area (Å²) in [6, 6.07) is 2.63. The number of fused-ring (bicyclic) bond motifs is 3. The van der Waals surface area contributed by atoms with E-state index in [9.17, 15) is 19.5 Å². The molecule has 0 spiro atoms. The standard InChI is InChI=1S/C22H27NO6/c1-11(2)8-16(21(25)26)23-20(24)13(4)28-17-9-12(3)10-18-19(17)14-6-5-7-15(14)22(27)29-18/h9-11,13,16H,5-8H2,1-4H3,(H,23,24)(H,25,26)/t13?,16-/m0/s1. The number of carbonyl (C=O) groups is 2. The van der Waals surface area contributed by atoms with Crippen LogP contribution in [0.5, 0.6) is 5.75 Å². The van der Waals surface area contributed by atoms with E-state index in [0.29, 0.717) is 29.7 Å². The topological polar surface area (TPSA) is 106 Å². The number of carboxylic acids is 1. The van der Waals surface area contributed by atoms with E-state index in [1.54, 1.807) is 13.0 Å². The summed E-state index contributed by atoms with van der Waals surface area (Å²) in [5.41, 5.74) is 2.56. The van der Waals surface area contributed by atoms with Gasteiger partial charge < -0.3 is 19.6 Å². The summed E-state index contributed by atoms with van der Waals surface area (Å²) in [6.07, 6.45) is 1.73. The lowest BCUT2D eigenvalue weighted by molar-refractivity contribution is -0.143. The van der Waals surface area contributed by atoms with Crippen LogP contribution in [0.15, 0.2) is 21.3 Å². The Bertz CT molecular complexity index is 1010. The van der Waals surface area contributed by atoms with Gasteiger partial charge in [-0.05, 0) is 68.7 Å². The Balaban J connectivity index is 1.89. The summed E-state index contributed by atoms with van der Waals surface area (Å²) in [5, 5.41) is 12.6. The molecule has 1 amide bonds. The van der Waals surface area contributed by atoms with E-state index >= 15 is 0 Å². The molecule has 1 aliphatic rings. The Hall–Kier alpha value is -2.83. The van der Waals surface area contributed by atoms with Gasteiger partial charge in [0, 0.05) is 5.56 Å². The van der Waals surface area contributed by atoms with Crippen LogP contribution in [0.3, 0.4) is 0 Å². The molecule has 0 fully saturated rings. The molecule has 2 aromatic rings. The van der Waals surface area contributed by atoms with Crippen molar-refractivity contribution in [2.75, 3.05) is 0 Å². The van der Waals surface area contributed by atoms with Gasteiger partial charge >= 0.3 is 11.6 Å². The fraction of sp³-hybridized carbons (Fsp3) is 0.500. The van der Waals surface area contributed by atoms with Gasteiger partial charge in [0.15, 0.2) is 6.10 Å². The lowest BCUT2D eigenvalue weighted by atomic mass is 10.0. The molecule has 3 rings (SSSR count). The fourth-order valence-corrected chi connectivity index (χ4v) is 3.82. The number of rotatable bonds is 7. The van der Waals surface area contributed by atoms with Crippen molar-refractivity contribution in [3.8, 4) is 5.75 Å². The normalized spacial score (nSPS) is 15.2. The molecule has 29 heavy (non-hydrogen) atoms. The van der Waals surface area contributed by atoms with Crippen molar-refractivity contribution in [1.82, 2.24) is 5.32 Å². The van der Waals surface area contributed by atoms with Crippen molar-refractivity contribution in [2.45, 2.75) is 65.5 Å². The van der Waals surface area contributed by atoms with E-state index in [2.05, 4.69) is 5.32 Å². The van der Waals surface area contributed by atoms with Crippen LogP contribution in [0.4, 0.5) is 0 Å². The molecule has 0 radical (unpaired) electrons. The highest BCUT2D eigenvalue weighted by Gasteiger charge is 2.27. The molecule has 1 aromatic heterocycles. The van der Waals surface area contributed by atoms with E-state index in [1.165, 1.54) is 0 Å². The van der Waals surface area contributed by atoms with Gasteiger partial charge in [-0.25, -0.2) is 9.59 Å². The second-order valence-electron chi connectivity index (χ2n) is 8.13. The Morgan fingerprint density at radius 1 is 1.21 bits per heavy atom. The fourth-order valence-electron chi connectivity index (χ4n) is 3.82. The number of nitrogens with one attached hydrogen (secondary N) is 1. The van der Waals surface area contributed by atoms with Gasteiger partial charge in [-0.3, -0.25) is 4.79 Å². The number of carboxylic acid groups (broad SMARTS) is 1. The maximum Gasteiger partial charge on any atom is 0.339 e. The molecular formula is C22H27NO6. The number of hydrogen-bond donors (Lipinski definition) is 2. The molecule has 2 N–H and O–H groups in total. The summed E-state index contributed by atoms with van der Waals surface area (Å²) in [5.74, 6) is -0.972. The first kappa shape index (κ1) is 20.9. The van der Waals surface area contributed by atoms with E-state index in [1.807, 2.05) is 26.8 Å². The molecule has 0 aliphatic heterocycles. The predicted octanol–water partition coefficient (Wildman–Crippen LogP) is 2.97. The van der Waals surface area contributed by atoms with E-state index in [-0.39, 0.29) is 11.5 Å². The van der Waals surface area contributed by atoms with Gasteiger partial charge in [-0.2, -0.15) is 0 Å². The lowest BCUT2D eigenvalue weighted by Crippen LogP contribution is -2.46. The number of ether oxygens (including phenoxy) is 1. The zero-order valence-electron chi connectivity index (χ0n) is 17.2. The van der Waals surface area contributed by atoms with Crippen LogP contribution in [0.25, 0.3) is 11.0 Å². The van der Waals surface area contributed by atoms with Gasteiger partial charge in [0.25, 0.3) is 5.91 Å². The highest BCUT2D eigenvalue weighted by Crippen LogP contribution is 2.35. The minimum Gasteiger partial charge on any atom is -0.480 e. The zero-order chi connectivity index (χ0) is 21.3. The van der Waals surface area contributed by atoms with E-state index in [4.69, 9.17) is 9.15 Å². The van der Waals surface area contributed by atoms with Crippen molar-refractivity contribution in [3.63, 3.8) is 0 Å². The largest absolute Gasteiger partial charge is 0.480 e. The SMILES string of the molecule is Cc1cc(OC(C)C(=O)N[C@@H](CC(C)C)C(=O)O)c2c3c(c(=O)oc2c1)CCC3. The van der Waals surface area contributed by atoms with Gasteiger partial charge in [0.1, 0.15) is 17.4 Å². The average Bonchev–Trinajstić information content (AvgIpc) is 3.10. The Morgan fingerprint density at radius 2 is 1.90 bits per heavy atom. The molecule has 7 nitrogen and oxygen atoms in total. The summed E-state index contributed by atoms with van der Waals surface area (Å²) < 4.78 is 11.4. The predicted molar refractivity (Wildman–Crippen MR) is 108 cm³/mol. The lowest BCUT2D eigenvalue weighted by Gasteiger charge is -2.21. The molecular weight excluding hydrogens is 374 g/mol. The zero-order valence-corrected chi connectivity index (χ0v) is 17.2. The Kier molecular flexibility index (Phi) is 5.96. The first-order valence-corrected chi connectivity index (χ1v) is 9.96. The second kappa shape index (κ2) is 8.27. The summed E-state index contributed by atoms with van der Waals surface area (Å²) in [6.45, 7) is 7.23. The van der Waals surface area contributed by atoms with Crippen LogP contribution in [-0.4, -0.2) is 29.1 Å². The molecule has 156 valence electrons. The number of hydrogen-bond acceptors (Lipinski definition) is 5. The monoisotopic (exact) mass is 401 g/mol. The minimum absolute atomic E-state index is 0.124. The number of benzene rings is 1. The number of carbonyl (C=O) groups excluding carboxylic acids is 1. The third-order valence-corrected chi connectivity index (χ3v) is 5.17. The van der Waals surface area contributed by atoms with Crippen molar-refractivity contribution < 1.29 is 23.8 Å². The number of amides is 1. The van der Waals surface area contributed by atoms with E-state index < -0.39 is 24.0 Å². The molecule has 2 atom stereocenters. The average molecular weight is 401 g/mol. The maximum absolute atomic E-state index is 12.6. The van der Waals surface area contributed by atoms with Crippen LogP contribution in [0, 0.1) is 12.8 Å². The summed E-state index contributed by atoms with van der Waals surface area (Å²) in [7, 11) is 0. The van der Waals surface area contributed by atoms with Gasteiger partial charge in [0.2, 0.25) is 0 Å². The van der Waals surface area contributed by atoms with Crippen LogP contribution >= 0.6 is 0 Å². The number of aryl methyl sites for hydroxylation is 2.